The Hall–Kier alpha value is 0.819. The first-order valence-corrected chi connectivity index (χ1v) is 5.02. The number of hydrogen-bond donors (Lipinski definition) is 0. The quantitative estimate of drug-likeness (QED) is 0.381. The van der Waals surface area contributed by atoms with Gasteiger partial charge in [0.2, 0.25) is 0 Å². The average molecular weight is 167 g/mol. The number of hydrogen-bond acceptors (Lipinski definition) is 0. The van der Waals surface area contributed by atoms with E-state index in [2.05, 4.69) is 35.9 Å². The molecule has 0 aromatic heterocycles. The third kappa shape index (κ3) is 4.82. The predicted molar refractivity (Wildman–Crippen MR) is 32.4 cm³/mol. The Balaban J connectivity index is 3.45. The molecule has 2 heteroatoms. The summed E-state index contributed by atoms with van der Waals surface area (Å²) in [6.45, 7) is 7.95. The van der Waals surface area contributed by atoms with Gasteiger partial charge in [-0.2, -0.15) is 0 Å². The van der Waals surface area contributed by atoms with E-state index in [1.54, 1.807) is 0 Å². The Labute approximate surface area is 48.4 Å². The summed E-state index contributed by atoms with van der Waals surface area (Å²) < 4.78 is 0. The van der Waals surface area contributed by atoms with Crippen LogP contribution in [0.5, 0.6) is 0 Å². The van der Waals surface area contributed by atoms with Gasteiger partial charge in [-0.25, -0.2) is 0 Å². The van der Waals surface area contributed by atoms with Crippen LogP contribution in [-0.2, 0) is 0 Å². The van der Waals surface area contributed by atoms with Crippen LogP contribution in [0.15, 0.2) is 0 Å². The van der Waals surface area contributed by atoms with Crippen LogP contribution < -0.4 is 0 Å². The molecule has 0 saturated carbocycles. The topological polar surface area (TPSA) is 0 Å². The zero-order valence-corrected chi connectivity index (χ0v) is 6.96. The zero-order chi connectivity index (χ0) is 5.21. The normalized spacial score (nSPS) is 12.5. The van der Waals surface area contributed by atoms with Crippen molar-refractivity contribution in [3.63, 3.8) is 0 Å². The summed E-state index contributed by atoms with van der Waals surface area (Å²) in [4.78, 5) is 0. The van der Waals surface area contributed by atoms with Gasteiger partial charge in [-0.3, -0.25) is 0 Å². The summed E-state index contributed by atoms with van der Waals surface area (Å²) in [6.07, 6.45) is 0. The fraction of sp³-hybridized carbons (Fsp3) is 1.00. The maximum absolute atomic E-state index is 2.95. The van der Waals surface area contributed by atoms with Crippen LogP contribution in [0.25, 0.3) is 0 Å². The minimum absolute atomic E-state index is 0.458. The molecule has 0 heterocycles. The van der Waals surface area contributed by atoms with Crippen LogP contribution in [0.2, 0.25) is 0 Å². The Kier molecular flexibility index (Phi) is 2.51. The molecule has 0 spiro atoms. The van der Waals surface area contributed by atoms with E-state index in [1.165, 1.54) is 6.83 Å². The van der Waals surface area contributed by atoms with Crippen molar-refractivity contribution in [2.45, 2.75) is 25.9 Å². The Bertz CT molecular complexity index is 53.1. The third-order valence-electron chi connectivity index (χ3n) is 0.274. The van der Waals surface area contributed by atoms with Crippen molar-refractivity contribution in [2.24, 2.45) is 0 Å². The van der Waals surface area contributed by atoms with Crippen molar-refractivity contribution in [3.8, 4) is 0 Å². The standard InChI is InChI=1S/C4H9PSe/c1-4(2,3)5-6/h1-3H3. The molecule has 36 valence electrons. The molecule has 0 aromatic rings. The molecule has 0 rings (SSSR count). The molecule has 0 aliphatic heterocycles. The van der Waals surface area contributed by atoms with Gasteiger partial charge in [0, 0.05) is 0 Å². The van der Waals surface area contributed by atoms with Crippen molar-refractivity contribution in [3.05, 3.63) is 0 Å². The van der Waals surface area contributed by atoms with Crippen LogP contribution >= 0.6 is 6.83 Å². The fourth-order valence-corrected chi connectivity index (χ4v) is 0. The van der Waals surface area contributed by atoms with Gasteiger partial charge in [-0.15, -0.1) is 0 Å². The second-order valence-corrected chi connectivity index (χ2v) is 4.94. The molecule has 0 unspecified atom stereocenters. The van der Waals surface area contributed by atoms with Crippen LogP contribution in [-0.4, -0.2) is 20.3 Å². The second kappa shape index (κ2) is 2.21. The van der Waals surface area contributed by atoms with Crippen molar-refractivity contribution < 1.29 is 0 Å². The van der Waals surface area contributed by atoms with Crippen LogP contribution in [0, 0.1) is 0 Å². The summed E-state index contributed by atoms with van der Waals surface area (Å²) in [7, 11) is 0. The number of rotatable bonds is 0. The van der Waals surface area contributed by atoms with Crippen molar-refractivity contribution >= 4 is 21.9 Å². The maximum atomic E-state index is 2.95. The average Bonchev–Trinajstić information content (AvgIpc) is 1.35. The first-order chi connectivity index (χ1) is 2.56. The summed E-state index contributed by atoms with van der Waals surface area (Å²) in [5.41, 5.74) is 0. The zero-order valence-electron chi connectivity index (χ0n) is 4.36. The van der Waals surface area contributed by atoms with Crippen LogP contribution in [0.1, 0.15) is 20.8 Å². The van der Waals surface area contributed by atoms with E-state index < -0.39 is 0 Å². The summed E-state index contributed by atoms with van der Waals surface area (Å²) in [5, 5.41) is 0.458. The Morgan fingerprint density at radius 3 is 1.50 bits per heavy atom. The molecule has 0 aromatic carbocycles. The van der Waals surface area contributed by atoms with Gasteiger partial charge >= 0.3 is 47.9 Å². The van der Waals surface area contributed by atoms with Crippen molar-refractivity contribution in [1.29, 1.82) is 0 Å². The second-order valence-electron chi connectivity index (χ2n) is 2.26. The van der Waals surface area contributed by atoms with Gasteiger partial charge in [0.15, 0.2) is 0 Å². The van der Waals surface area contributed by atoms with E-state index >= 15 is 0 Å². The first-order valence-electron chi connectivity index (χ1n) is 1.91. The molecular weight excluding hydrogens is 158 g/mol. The first kappa shape index (κ1) is 6.82. The molecule has 0 amide bonds. The van der Waals surface area contributed by atoms with Crippen LogP contribution in [0.4, 0.5) is 0 Å². The van der Waals surface area contributed by atoms with Gasteiger partial charge in [-0.1, -0.05) is 0 Å². The molecule has 0 aliphatic rings. The molecular formula is C4H9PSe. The van der Waals surface area contributed by atoms with E-state index in [0.29, 0.717) is 5.16 Å². The summed E-state index contributed by atoms with van der Waals surface area (Å²) >= 11 is 2.95. The van der Waals surface area contributed by atoms with E-state index in [9.17, 15) is 0 Å². The van der Waals surface area contributed by atoms with E-state index in [1.807, 2.05) is 0 Å². The molecule has 6 heavy (non-hydrogen) atoms. The molecule has 0 aliphatic carbocycles. The summed E-state index contributed by atoms with van der Waals surface area (Å²) in [5.74, 6) is 0. The Morgan fingerprint density at radius 2 is 1.50 bits per heavy atom. The van der Waals surface area contributed by atoms with Gasteiger partial charge < -0.3 is 0 Å². The molecule has 0 saturated heterocycles. The van der Waals surface area contributed by atoms with Gasteiger partial charge in [-0.05, 0) is 0 Å². The van der Waals surface area contributed by atoms with Crippen molar-refractivity contribution in [2.75, 3.05) is 0 Å². The predicted octanol–water partition coefficient (Wildman–Crippen LogP) is 1.81. The van der Waals surface area contributed by atoms with Gasteiger partial charge in [0.05, 0.1) is 0 Å². The molecule has 0 atom stereocenters. The molecule has 0 N–H and O–H groups in total. The molecule has 0 bridgehead atoms. The van der Waals surface area contributed by atoms with Gasteiger partial charge in [0.25, 0.3) is 0 Å². The Morgan fingerprint density at radius 1 is 1.33 bits per heavy atom. The van der Waals surface area contributed by atoms with E-state index in [4.69, 9.17) is 0 Å². The molecule has 0 nitrogen and oxygen atoms in total. The van der Waals surface area contributed by atoms with E-state index in [0.717, 1.165) is 0 Å². The van der Waals surface area contributed by atoms with Gasteiger partial charge in [0.1, 0.15) is 0 Å². The third-order valence-corrected chi connectivity index (χ3v) is 4.27. The van der Waals surface area contributed by atoms with Crippen molar-refractivity contribution in [1.82, 2.24) is 0 Å². The molecule has 0 radical (unpaired) electrons. The van der Waals surface area contributed by atoms with Crippen LogP contribution in [0.3, 0.4) is 0 Å². The SMILES string of the molecule is CC(C)(C)P=[Se]. The van der Waals surface area contributed by atoms with E-state index in [-0.39, 0.29) is 0 Å². The fourth-order valence-electron chi connectivity index (χ4n) is 0. The monoisotopic (exact) mass is 168 g/mol. The molecule has 0 fully saturated rings. The summed E-state index contributed by atoms with van der Waals surface area (Å²) in [6, 6.07) is 0. The minimum atomic E-state index is 0.458.